The maximum atomic E-state index is 11.4. The molecule has 0 bridgehead atoms. The lowest BCUT2D eigenvalue weighted by Gasteiger charge is -2.22. The molecule has 1 atom stereocenters. The van der Waals surface area contributed by atoms with Gasteiger partial charge in [-0.25, -0.2) is 16.8 Å². The summed E-state index contributed by atoms with van der Waals surface area (Å²) in [6.45, 7) is 2.18. The minimum Gasteiger partial charge on any atom is -0.312 e. The van der Waals surface area contributed by atoms with Crippen molar-refractivity contribution < 1.29 is 16.8 Å². The van der Waals surface area contributed by atoms with E-state index >= 15 is 0 Å². The summed E-state index contributed by atoms with van der Waals surface area (Å²) in [7, 11) is -5.89. The van der Waals surface area contributed by atoms with E-state index in [2.05, 4.69) is 5.32 Å². The third-order valence-electron chi connectivity index (χ3n) is 2.82. The van der Waals surface area contributed by atoms with Gasteiger partial charge in [-0.05, 0) is 19.3 Å². The van der Waals surface area contributed by atoms with Gasteiger partial charge in [0.1, 0.15) is 0 Å². The molecule has 1 N–H and O–H groups in total. The Kier molecular flexibility index (Phi) is 5.40. The first-order valence-corrected chi connectivity index (χ1v) is 9.63. The summed E-state index contributed by atoms with van der Waals surface area (Å²) < 4.78 is 45.6. The number of rotatable bonds is 6. The van der Waals surface area contributed by atoms with Crippen LogP contribution in [0.2, 0.25) is 0 Å². The zero-order valence-electron chi connectivity index (χ0n) is 10.2. The van der Waals surface area contributed by atoms with Crippen LogP contribution in [0, 0.1) is 0 Å². The van der Waals surface area contributed by atoms with Gasteiger partial charge in [-0.3, -0.25) is 0 Å². The van der Waals surface area contributed by atoms with E-state index in [4.69, 9.17) is 0 Å². The van der Waals surface area contributed by atoms with Gasteiger partial charge in [0.25, 0.3) is 0 Å². The third-order valence-corrected chi connectivity index (χ3v) is 6.50. The van der Waals surface area contributed by atoms with Gasteiger partial charge in [0, 0.05) is 18.3 Å². The van der Waals surface area contributed by atoms with Crippen molar-refractivity contribution in [3.05, 3.63) is 0 Å². The number of nitrogens with one attached hydrogen (secondary N) is 1. The van der Waals surface area contributed by atoms with Crippen LogP contribution in [0.3, 0.4) is 0 Å². The van der Waals surface area contributed by atoms with E-state index in [1.54, 1.807) is 0 Å². The fraction of sp³-hybridized carbons (Fsp3) is 1.00. The molecule has 1 rings (SSSR count). The molecule has 102 valence electrons. The second kappa shape index (κ2) is 6.15. The van der Waals surface area contributed by atoms with E-state index < -0.39 is 19.7 Å². The van der Waals surface area contributed by atoms with E-state index in [0.717, 1.165) is 6.42 Å². The first-order chi connectivity index (χ1) is 7.85. The molecule has 0 aromatic carbocycles. The standard InChI is InChI=1S/C10H21NO4S2/c1-2-6-16(12,13)8-5-11-10-4-3-7-17(14,15)9-10/h10-11H,2-9H2,1H3. The van der Waals surface area contributed by atoms with Gasteiger partial charge in [-0.15, -0.1) is 0 Å². The van der Waals surface area contributed by atoms with Crippen molar-refractivity contribution in [2.45, 2.75) is 32.2 Å². The molecular weight excluding hydrogens is 262 g/mol. The van der Waals surface area contributed by atoms with Crippen molar-refractivity contribution in [1.29, 1.82) is 0 Å². The number of hydrogen-bond donors (Lipinski definition) is 1. The second-order valence-corrected chi connectivity index (χ2v) is 9.09. The largest absolute Gasteiger partial charge is 0.312 e. The molecule has 1 fully saturated rings. The highest BCUT2D eigenvalue weighted by Gasteiger charge is 2.24. The van der Waals surface area contributed by atoms with Crippen LogP contribution in [0.5, 0.6) is 0 Å². The average Bonchev–Trinajstić information content (AvgIpc) is 2.15. The van der Waals surface area contributed by atoms with Crippen LogP contribution >= 0.6 is 0 Å². The first kappa shape index (κ1) is 14.9. The summed E-state index contributed by atoms with van der Waals surface area (Å²) >= 11 is 0. The molecule has 1 heterocycles. The van der Waals surface area contributed by atoms with Crippen LogP contribution in [0.25, 0.3) is 0 Å². The molecular formula is C10H21NO4S2. The van der Waals surface area contributed by atoms with Gasteiger partial charge in [0.15, 0.2) is 19.7 Å². The minimum absolute atomic E-state index is 0.0782. The zero-order chi connectivity index (χ0) is 12.9. The molecule has 17 heavy (non-hydrogen) atoms. The Hall–Kier alpha value is -0.140. The van der Waals surface area contributed by atoms with E-state index in [1.807, 2.05) is 6.92 Å². The van der Waals surface area contributed by atoms with Gasteiger partial charge >= 0.3 is 0 Å². The number of sulfone groups is 2. The van der Waals surface area contributed by atoms with Crippen molar-refractivity contribution in [3.8, 4) is 0 Å². The molecule has 0 amide bonds. The van der Waals surface area contributed by atoms with Crippen molar-refractivity contribution in [2.75, 3.05) is 29.6 Å². The topological polar surface area (TPSA) is 80.3 Å². The molecule has 0 spiro atoms. The van der Waals surface area contributed by atoms with Gasteiger partial charge in [0.2, 0.25) is 0 Å². The average molecular weight is 283 g/mol. The van der Waals surface area contributed by atoms with Crippen molar-refractivity contribution >= 4 is 19.7 Å². The lowest BCUT2D eigenvalue weighted by molar-refractivity contribution is 0.490. The fourth-order valence-electron chi connectivity index (χ4n) is 2.02. The summed E-state index contributed by atoms with van der Waals surface area (Å²) in [6, 6.07) is -0.0782. The van der Waals surface area contributed by atoms with Crippen LogP contribution < -0.4 is 5.32 Å². The SMILES string of the molecule is CCCS(=O)(=O)CCNC1CCCS(=O)(=O)C1. The first-order valence-electron chi connectivity index (χ1n) is 5.99. The molecule has 0 aliphatic carbocycles. The van der Waals surface area contributed by atoms with E-state index in [1.165, 1.54) is 0 Å². The van der Waals surface area contributed by atoms with Gasteiger partial charge in [0.05, 0.1) is 17.3 Å². The molecule has 0 aromatic rings. The lowest BCUT2D eigenvalue weighted by Crippen LogP contribution is -2.42. The van der Waals surface area contributed by atoms with Crippen molar-refractivity contribution in [1.82, 2.24) is 5.32 Å². The lowest BCUT2D eigenvalue weighted by atomic mass is 10.2. The number of hydrogen-bond acceptors (Lipinski definition) is 5. The second-order valence-electron chi connectivity index (χ2n) is 4.56. The Morgan fingerprint density at radius 1 is 1.29 bits per heavy atom. The molecule has 0 saturated carbocycles. The zero-order valence-corrected chi connectivity index (χ0v) is 11.8. The molecule has 7 heteroatoms. The van der Waals surface area contributed by atoms with Crippen LogP contribution in [0.4, 0.5) is 0 Å². The maximum absolute atomic E-state index is 11.4. The van der Waals surface area contributed by atoms with Gasteiger partial charge < -0.3 is 5.32 Å². The maximum Gasteiger partial charge on any atom is 0.151 e. The highest BCUT2D eigenvalue weighted by Crippen LogP contribution is 2.11. The molecule has 1 aliphatic heterocycles. The predicted octanol–water partition coefficient (Wildman–Crippen LogP) is -0.0220. The van der Waals surface area contributed by atoms with Crippen LogP contribution in [-0.4, -0.2) is 52.4 Å². The third kappa shape index (κ3) is 5.83. The Balaban J connectivity index is 2.32. The minimum atomic E-state index is -2.97. The molecule has 1 unspecified atom stereocenters. The van der Waals surface area contributed by atoms with Gasteiger partial charge in [-0.1, -0.05) is 6.92 Å². The van der Waals surface area contributed by atoms with Crippen molar-refractivity contribution in [3.63, 3.8) is 0 Å². The summed E-state index contributed by atoms with van der Waals surface area (Å²) in [5, 5.41) is 3.03. The Labute approximate surface area is 104 Å². The molecule has 5 nitrogen and oxygen atoms in total. The van der Waals surface area contributed by atoms with Crippen molar-refractivity contribution in [2.24, 2.45) is 0 Å². The Morgan fingerprint density at radius 2 is 2.00 bits per heavy atom. The summed E-state index contributed by atoms with van der Waals surface area (Å²) in [6.07, 6.45) is 2.11. The fourth-order valence-corrected chi connectivity index (χ4v) is 4.94. The normalized spacial score (nSPS) is 24.6. The summed E-state index contributed by atoms with van der Waals surface area (Å²) in [4.78, 5) is 0. The molecule has 0 aromatic heterocycles. The quantitative estimate of drug-likeness (QED) is 0.741. The molecule has 1 aliphatic rings. The van der Waals surface area contributed by atoms with E-state index in [0.29, 0.717) is 19.4 Å². The molecule has 0 radical (unpaired) electrons. The van der Waals surface area contributed by atoms with Crippen LogP contribution in [-0.2, 0) is 19.7 Å². The molecule has 1 saturated heterocycles. The van der Waals surface area contributed by atoms with E-state index in [-0.39, 0.29) is 29.1 Å². The van der Waals surface area contributed by atoms with E-state index in [9.17, 15) is 16.8 Å². The van der Waals surface area contributed by atoms with Crippen LogP contribution in [0.1, 0.15) is 26.2 Å². The summed E-state index contributed by atoms with van der Waals surface area (Å²) in [5.74, 6) is 0.704. The highest BCUT2D eigenvalue weighted by molar-refractivity contribution is 7.91. The van der Waals surface area contributed by atoms with Crippen LogP contribution in [0.15, 0.2) is 0 Å². The highest BCUT2D eigenvalue weighted by atomic mass is 32.2. The predicted molar refractivity (Wildman–Crippen MR) is 68.6 cm³/mol. The Morgan fingerprint density at radius 3 is 2.59 bits per heavy atom. The smallest absolute Gasteiger partial charge is 0.151 e. The summed E-state index contributed by atoms with van der Waals surface area (Å²) in [5.41, 5.74) is 0. The monoisotopic (exact) mass is 283 g/mol. The van der Waals surface area contributed by atoms with Gasteiger partial charge in [-0.2, -0.15) is 0 Å². The Bertz CT molecular complexity index is 427.